The van der Waals surface area contributed by atoms with Crippen LogP contribution in [0.2, 0.25) is 0 Å². The Labute approximate surface area is 146 Å². The Balaban J connectivity index is 3.18. The van der Waals surface area contributed by atoms with Gasteiger partial charge in [-0.3, -0.25) is 4.79 Å². The molecule has 0 aliphatic carbocycles. The zero-order chi connectivity index (χ0) is 18.3. The van der Waals surface area contributed by atoms with Crippen LogP contribution < -0.4 is 4.18 Å². The van der Waals surface area contributed by atoms with Crippen LogP contribution in [0.4, 0.5) is 0 Å². The summed E-state index contributed by atoms with van der Waals surface area (Å²) in [6.45, 7) is 7.60. The van der Waals surface area contributed by atoms with E-state index in [0.29, 0.717) is 28.7 Å². The highest BCUT2D eigenvalue weighted by atomic mass is 32.3. The van der Waals surface area contributed by atoms with Gasteiger partial charge in [0.2, 0.25) is 0 Å². The van der Waals surface area contributed by atoms with Crippen molar-refractivity contribution < 1.29 is 31.7 Å². The number of aldehydes is 1. The van der Waals surface area contributed by atoms with Gasteiger partial charge in [0.1, 0.15) is 12.0 Å². The fraction of sp³-hybridized carbons (Fsp3) is 0.533. The van der Waals surface area contributed by atoms with Gasteiger partial charge in [0.25, 0.3) is 0 Å². The van der Waals surface area contributed by atoms with Crippen LogP contribution in [0.25, 0.3) is 0 Å². The Morgan fingerprint density at radius 2 is 1.67 bits per heavy atom. The summed E-state index contributed by atoms with van der Waals surface area (Å²) in [5.74, 6) is 0.223. The molecule has 0 fully saturated rings. The van der Waals surface area contributed by atoms with Gasteiger partial charge in [-0.15, -0.1) is 4.33 Å². The molecule has 1 rings (SSSR count). The molecule has 0 amide bonds. The minimum Gasteiger partial charge on any atom is -0.381 e. The highest BCUT2D eigenvalue weighted by Gasteiger charge is 2.23. The van der Waals surface area contributed by atoms with E-state index in [1.807, 2.05) is 27.7 Å². The molecule has 0 bridgehead atoms. The summed E-state index contributed by atoms with van der Waals surface area (Å²) >= 11 is 0.524. The molecule has 24 heavy (non-hydrogen) atoms. The zero-order valence-corrected chi connectivity index (χ0v) is 15.9. The number of carbonyl (C=O) groups is 1. The standard InChI is InChI=1S/C15H22O7S2/c1-10(2)13-6-12(8-16)7-14(11(3)4)15(13)20-24(17,18)9-23-22-21-19-5/h6-8,10-11H,9H2,1-5H3. The van der Waals surface area contributed by atoms with Crippen LogP contribution >= 0.6 is 12.0 Å². The molecule has 0 unspecified atom stereocenters. The predicted molar refractivity (Wildman–Crippen MR) is 91.2 cm³/mol. The Kier molecular flexibility index (Phi) is 8.17. The van der Waals surface area contributed by atoms with Crippen LogP contribution in [-0.2, 0) is 24.4 Å². The summed E-state index contributed by atoms with van der Waals surface area (Å²) in [4.78, 5) is 15.3. The van der Waals surface area contributed by atoms with Crippen molar-refractivity contribution in [1.82, 2.24) is 0 Å². The van der Waals surface area contributed by atoms with Gasteiger partial charge in [-0.25, -0.2) is 4.89 Å². The highest BCUT2D eigenvalue weighted by Crippen LogP contribution is 2.36. The first kappa shape index (κ1) is 20.9. The third-order valence-electron chi connectivity index (χ3n) is 3.10. The second-order valence-corrected chi connectivity index (χ2v) is 8.23. The first-order valence-electron chi connectivity index (χ1n) is 7.26. The topological polar surface area (TPSA) is 88.1 Å². The van der Waals surface area contributed by atoms with Gasteiger partial charge in [-0.05, 0) is 35.1 Å². The lowest BCUT2D eigenvalue weighted by Gasteiger charge is -2.20. The van der Waals surface area contributed by atoms with Crippen LogP contribution in [0.15, 0.2) is 12.1 Å². The molecule has 0 aliphatic rings. The third kappa shape index (κ3) is 6.06. The second-order valence-electron chi connectivity index (χ2n) is 5.64. The molecule has 1 aromatic rings. The van der Waals surface area contributed by atoms with Gasteiger partial charge in [0.05, 0.1) is 19.2 Å². The van der Waals surface area contributed by atoms with Crippen LogP contribution in [0.5, 0.6) is 5.75 Å². The first-order valence-corrected chi connectivity index (χ1v) is 9.74. The molecule has 0 saturated heterocycles. The van der Waals surface area contributed by atoms with Gasteiger partial charge in [-0.2, -0.15) is 8.42 Å². The minimum absolute atomic E-state index is 0.0201. The van der Waals surface area contributed by atoms with Gasteiger partial charge in [-0.1, -0.05) is 32.7 Å². The summed E-state index contributed by atoms with van der Waals surface area (Å²) in [6.07, 6.45) is 0.738. The fourth-order valence-electron chi connectivity index (χ4n) is 2.00. The molecule has 9 heteroatoms. The lowest BCUT2D eigenvalue weighted by atomic mass is 9.92. The van der Waals surface area contributed by atoms with E-state index in [9.17, 15) is 13.2 Å². The Morgan fingerprint density at radius 1 is 1.12 bits per heavy atom. The SMILES string of the molecule is COOOSCS(=O)(=O)Oc1c(C(C)C)cc(C=O)cc1C(C)C. The molecule has 7 nitrogen and oxygen atoms in total. The van der Waals surface area contributed by atoms with Crippen molar-refractivity contribution in [3.05, 3.63) is 28.8 Å². The number of rotatable bonds is 10. The van der Waals surface area contributed by atoms with E-state index in [1.165, 1.54) is 7.11 Å². The van der Waals surface area contributed by atoms with Crippen molar-refractivity contribution >= 4 is 28.4 Å². The van der Waals surface area contributed by atoms with E-state index in [-0.39, 0.29) is 17.6 Å². The van der Waals surface area contributed by atoms with E-state index in [1.54, 1.807) is 12.1 Å². The lowest BCUT2D eigenvalue weighted by molar-refractivity contribution is -0.447. The van der Waals surface area contributed by atoms with Crippen LogP contribution in [0, 0.1) is 0 Å². The fourth-order valence-corrected chi connectivity index (χ4v) is 3.36. The molecule has 0 N–H and O–H groups in total. The zero-order valence-electron chi connectivity index (χ0n) is 14.3. The number of hydrogen-bond acceptors (Lipinski definition) is 8. The van der Waals surface area contributed by atoms with Gasteiger partial charge < -0.3 is 4.18 Å². The smallest absolute Gasteiger partial charge is 0.321 e. The predicted octanol–water partition coefficient (Wildman–Crippen LogP) is 3.57. The number of benzene rings is 1. The van der Waals surface area contributed by atoms with Gasteiger partial charge in [0.15, 0.2) is 5.08 Å². The molecule has 0 saturated carbocycles. The molecule has 0 radical (unpaired) electrons. The Hall–Kier alpha value is -1.13. The Morgan fingerprint density at radius 3 is 2.08 bits per heavy atom. The van der Waals surface area contributed by atoms with Crippen molar-refractivity contribution in [2.75, 3.05) is 12.2 Å². The quantitative estimate of drug-likeness (QED) is 0.152. The second kappa shape index (κ2) is 9.38. The summed E-state index contributed by atoms with van der Waals surface area (Å²) in [5.41, 5.74) is 1.80. The van der Waals surface area contributed by atoms with Crippen LogP contribution in [0.1, 0.15) is 61.0 Å². The molecular formula is C15H22O7S2. The van der Waals surface area contributed by atoms with E-state index < -0.39 is 15.2 Å². The molecule has 0 aromatic heterocycles. The molecule has 136 valence electrons. The van der Waals surface area contributed by atoms with E-state index >= 15 is 0 Å². The Bertz CT molecular complexity index is 625. The van der Waals surface area contributed by atoms with Crippen molar-refractivity contribution in [3.8, 4) is 5.75 Å². The number of hydrogen-bond donors (Lipinski definition) is 0. The molecule has 0 heterocycles. The minimum atomic E-state index is -3.93. The van der Waals surface area contributed by atoms with E-state index in [2.05, 4.69) is 14.3 Å². The summed E-state index contributed by atoms with van der Waals surface area (Å²) in [7, 11) is -2.71. The average molecular weight is 378 g/mol. The van der Waals surface area contributed by atoms with Crippen molar-refractivity contribution in [2.45, 2.75) is 39.5 Å². The largest absolute Gasteiger partial charge is 0.381 e. The van der Waals surface area contributed by atoms with Crippen molar-refractivity contribution in [3.63, 3.8) is 0 Å². The maximum Gasteiger partial charge on any atom is 0.321 e. The van der Waals surface area contributed by atoms with Crippen molar-refractivity contribution in [1.29, 1.82) is 0 Å². The molecular weight excluding hydrogens is 356 g/mol. The summed E-state index contributed by atoms with van der Waals surface area (Å²) in [5, 5.41) is 3.65. The molecule has 0 spiro atoms. The maximum atomic E-state index is 12.2. The number of carbonyl (C=O) groups excluding carboxylic acids is 1. The maximum absolute atomic E-state index is 12.2. The molecule has 0 aliphatic heterocycles. The lowest BCUT2D eigenvalue weighted by Crippen LogP contribution is -2.15. The summed E-state index contributed by atoms with van der Waals surface area (Å²) in [6, 6.07) is 3.29. The molecule has 0 atom stereocenters. The average Bonchev–Trinajstić information content (AvgIpc) is 2.50. The van der Waals surface area contributed by atoms with E-state index in [4.69, 9.17) is 4.18 Å². The third-order valence-corrected chi connectivity index (χ3v) is 5.21. The molecule has 1 aromatic carbocycles. The monoisotopic (exact) mass is 378 g/mol. The van der Waals surface area contributed by atoms with Crippen molar-refractivity contribution in [2.24, 2.45) is 0 Å². The summed E-state index contributed by atoms with van der Waals surface area (Å²) < 4.78 is 34.1. The first-order chi connectivity index (χ1) is 11.2. The van der Waals surface area contributed by atoms with Gasteiger partial charge in [0, 0.05) is 5.56 Å². The van der Waals surface area contributed by atoms with Crippen LogP contribution in [-0.4, -0.2) is 26.9 Å². The normalized spacial score (nSPS) is 12.0. The van der Waals surface area contributed by atoms with E-state index in [0.717, 1.165) is 6.29 Å². The highest BCUT2D eigenvalue weighted by molar-refractivity contribution is 8.08. The van der Waals surface area contributed by atoms with Crippen LogP contribution in [0.3, 0.4) is 0 Å². The van der Waals surface area contributed by atoms with Gasteiger partial charge >= 0.3 is 10.1 Å².